The molecule has 1 aromatic carbocycles. The summed E-state index contributed by atoms with van der Waals surface area (Å²) in [6.45, 7) is 4.58. The number of ether oxygens (including phenoxy) is 1. The maximum absolute atomic E-state index is 12.1. The molecule has 1 saturated heterocycles. The summed E-state index contributed by atoms with van der Waals surface area (Å²) in [5, 5.41) is 3.14. The zero-order valence-corrected chi connectivity index (χ0v) is 10.8. The van der Waals surface area contributed by atoms with Crippen LogP contribution in [-0.4, -0.2) is 43.2 Å². The van der Waals surface area contributed by atoms with Gasteiger partial charge in [-0.15, -0.1) is 0 Å². The van der Waals surface area contributed by atoms with Crippen molar-refractivity contribution >= 4 is 11.6 Å². The van der Waals surface area contributed by atoms with Crippen molar-refractivity contribution < 1.29 is 9.53 Å². The minimum Gasteiger partial charge on any atom is -0.377 e. The van der Waals surface area contributed by atoms with E-state index < -0.39 is 0 Å². The maximum atomic E-state index is 12.1. The quantitative estimate of drug-likeness (QED) is 0.886. The van der Waals surface area contributed by atoms with Crippen LogP contribution in [0.5, 0.6) is 0 Å². The van der Waals surface area contributed by atoms with Crippen molar-refractivity contribution in [2.75, 3.05) is 31.6 Å². The SMILES string of the molecule is CC1CN(C(=O)CNc2ccccc2)CCCO1. The van der Waals surface area contributed by atoms with Crippen LogP contribution >= 0.6 is 0 Å². The average molecular weight is 248 g/mol. The molecule has 4 nitrogen and oxygen atoms in total. The summed E-state index contributed by atoms with van der Waals surface area (Å²) < 4.78 is 5.53. The lowest BCUT2D eigenvalue weighted by Gasteiger charge is -2.22. The molecule has 1 aliphatic heterocycles. The predicted octanol–water partition coefficient (Wildman–Crippen LogP) is 1.74. The van der Waals surface area contributed by atoms with Crippen LogP contribution in [0.3, 0.4) is 0 Å². The van der Waals surface area contributed by atoms with Gasteiger partial charge in [-0.25, -0.2) is 0 Å². The Morgan fingerprint density at radius 1 is 1.44 bits per heavy atom. The van der Waals surface area contributed by atoms with Crippen LogP contribution < -0.4 is 5.32 Å². The molecule has 1 unspecified atom stereocenters. The monoisotopic (exact) mass is 248 g/mol. The van der Waals surface area contributed by atoms with Crippen LogP contribution in [0.25, 0.3) is 0 Å². The molecule has 0 radical (unpaired) electrons. The Morgan fingerprint density at radius 3 is 3.00 bits per heavy atom. The first-order chi connectivity index (χ1) is 8.75. The smallest absolute Gasteiger partial charge is 0.241 e. The van der Waals surface area contributed by atoms with Crippen LogP contribution in [0, 0.1) is 0 Å². The third kappa shape index (κ3) is 3.74. The summed E-state index contributed by atoms with van der Waals surface area (Å²) in [5.41, 5.74) is 0.977. The Morgan fingerprint density at radius 2 is 2.22 bits per heavy atom. The molecule has 1 fully saturated rings. The molecule has 4 heteroatoms. The van der Waals surface area contributed by atoms with E-state index in [4.69, 9.17) is 4.74 Å². The number of hydrogen-bond acceptors (Lipinski definition) is 3. The van der Waals surface area contributed by atoms with Gasteiger partial charge in [0.25, 0.3) is 0 Å². The van der Waals surface area contributed by atoms with Gasteiger partial charge in [0, 0.05) is 25.4 Å². The van der Waals surface area contributed by atoms with Gasteiger partial charge in [-0.05, 0) is 25.5 Å². The lowest BCUT2D eigenvalue weighted by atomic mass is 10.3. The fourth-order valence-corrected chi connectivity index (χ4v) is 2.07. The minimum absolute atomic E-state index is 0.133. The molecule has 2 rings (SSSR count). The van der Waals surface area contributed by atoms with Crippen LogP contribution in [0.15, 0.2) is 30.3 Å². The molecule has 0 saturated carbocycles. The number of hydrogen-bond donors (Lipinski definition) is 1. The third-order valence-corrected chi connectivity index (χ3v) is 3.02. The second kappa shape index (κ2) is 6.40. The van der Waals surface area contributed by atoms with Crippen molar-refractivity contribution in [3.05, 3.63) is 30.3 Å². The molecule has 98 valence electrons. The minimum atomic E-state index is 0.133. The van der Waals surface area contributed by atoms with Gasteiger partial charge in [0.05, 0.1) is 12.6 Å². The summed E-state index contributed by atoms with van der Waals surface area (Å²) >= 11 is 0. The summed E-state index contributed by atoms with van der Waals surface area (Å²) in [5.74, 6) is 0.135. The van der Waals surface area contributed by atoms with Crippen molar-refractivity contribution in [3.8, 4) is 0 Å². The number of amides is 1. The topological polar surface area (TPSA) is 41.6 Å². The van der Waals surface area contributed by atoms with Crippen molar-refractivity contribution in [1.29, 1.82) is 0 Å². The first-order valence-corrected chi connectivity index (χ1v) is 6.44. The molecule has 0 spiro atoms. The van der Waals surface area contributed by atoms with Crippen molar-refractivity contribution in [2.24, 2.45) is 0 Å². The van der Waals surface area contributed by atoms with E-state index in [0.717, 1.165) is 25.3 Å². The van der Waals surface area contributed by atoms with E-state index in [1.54, 1.807) is 0 Å². The zero-order valence-electron chi connectivity index (χ0n) is 10.8. The van der Waals surface area contributed by atoms with Crippen LogP contribution in [0.2, 0.25) is 0 Å². The van der Waals surface area contributed by atoms with E-state index in [0.29, 0.717) is 13.1 Å². The maximum Gasteiger partial charge on any atom is 0.241 e. The number of para-hydroxylation sites is 1. The second-order valence-electron chi connectivity index (χ2n) is 4.59. The largest absolute Gasteiger partial charge is 0.377 e. The third-order valence-electron chi connectivity index (χ3n) is 3.02. The Labute approximate surface area is 108 Å². The highest BCUT2D eigenvalue weighted by atomic mass is 16.5. The Balaban J connectivity index is 1.83. The molecule has 1 heterocycles. The lowest BCUT2D eigenvalue weighted by molar-refractivity contribution is -0.129. The molecule has 18 heavy (non-hydrogen) atoms. The van der Waals surface area contributed by atoms with Gasteiger partial charge in [-0.2, -0.15) is 0 Å². The highest BCUT2D eigenvalue weighted by molar-refractivity contribution is 5.80. The lowest BCUT2D eigenvalue weighted by Crippen LogP contribution is -2.39. The highest BCUT2D eigenvalue weighted by Crippen LogP contribution is 2.07. The molecule has 1 aliphatic rings. The van der Waals surface area contributed by atoms with Gasteiger partial charge in [-0.1, -0.05) is 18.2 Å². The van der Waals surface area contributed by atoms with Crippen LogP contribution in [0.1, 0.15) is 13.3 Å². The average Bonchev–Trinajstić information content (AvgIpc) is 2.62. The number of anilines is 1. The Hall–Kier alpha value is -1.55. The fourth-order valence-electron chi connectivity index (χ4n) is 2.07. The standard InChI is InChI=1S/C14H20N2O2/c1-12-11-16(8-5-9-18-12)14(17)10-15-13-6-3-2-4-7-13/h2-4,6-7,12,15H,5,8-11H2,1H3. The van der Waals surface area contributed by atoms with E-state index in [9.17, 15) is 4.79 Å². The molecular weight excluding hydrogens is 228 g/mol. The van der Waals surface area contributed by atoms with Crippen LogP contribution in [-0.2, 0) is 9.53 Å². The van der Waals surface area contributed by atoms with E-state index in [1.165, 1.54) is 0 Å². The zero-order chi connectivity index (χ0) is 12.8. The molecule has 0 bridgehead atoms. The van der Waals surface area contributed by atoms with Gasteiger partial charge in [-0.3, -0.25) is 4.79 Å². The van der Waals surface area contributed by atoms with Gasteiger partial charge < -0.3 is 15.0 Å². The summed E-state index contributed by atoms with van der Waals surface area (Å²) in [7, 11) is 0. The van der Waals surface area contributed by atoms with Gasteiger partial charge >= 0.3 is 0 Å². The molecule has 1 amide bonds. The number of rotatable bonds is 3. The van der Waals surface area contributed by atoms with Gasteiger partial charge in [0.1, 0.15) is 0 Å². The Kier molecular flexibility index (Phi) is 4.59. The number of carbonyl (C=O) groups is 1. The number of nitrogens with one attached hydrogen (secondary N) is 1. The van der Waals surface area contributed by atoms with E-state index in [2.05, 4.69) is 5.32 Å². The van der Waals surface area contributed by atoms with E-state index in [1.807, 2.05) is 42.2 Å². The summed E-state index contributed by atoms with van der Waals surface area (Å²) in [6.07, 6.45) is 1.05. The number of carbonyl (C=O) groups excluding carboxylic acids is 1. The normalized spacial score (nSPS) is 20.3. The first kappa shape index (κ1) is 12.9. The molecule has 0 aliphatic carbocycles. The van der Waals surface area contributed by atoms with E-state index in [-0.39, 0.29) is 12.0 Å². The Bertz CT molecular complexity index is 381. The highest BCUT2D eigenvalue weighted by Gasteiger charge is 2.19. The van der Waals surface area contributed by atoms with Crippen molar-refractivity contribution in [1.82, 2.24) is 4.90 Å². The summed E-state index contributed by atoms with van der Waals surface area (Å²) in [6, 6.07) is 9.78. The molecule has 1 N–H and O–H groups in total. The molecule has 1 aromatic rings. The molecular formula is C14H20N2O2. The first-order valence-electron chi connectivity index (χ1n) is 6.44. The van der Waals surface area contributed by atoms with Crippen molar-refractivity contribution in [2.45, 2.75) is 19.4 Å². The fraction of sp³-hybridized carbons (Fsp3) is 0.500. The van der Waals surface area contributed by atoms with Gasteiger partial charge in [0.15, 0.2) is 0 Å². The number of benzene rings is 1. The predicted molar refractivity (Wildman–Crippen MR) is 71.5 cm³/mol. The van der Waals surface area contributed by atoms with E-state index >= 15 is 0 Å². The number of nitrogens with zero attached hydrogens (tertiary/aromatic N) is 1. The van der Waals surface area contributed by atoms with Crippen LogP contribution in [0.4, 0.5) is 5.69 Å². The van der Waals surface area contributed by atoms with Crippen molar-refractivity contribution in [3.63, 3.8) is 0 Å². The molecule has 1 atom stereocenters. The second-order valence-corrected chi connectivity index (χ2v) is 4.59. The molecule has 0 aromatic heterocycles. The summed E-state index contributed by atoms with van der Waals surface area (Å²) in [4.78, 5) is 14.0. The van der Waals surface area contributed by atoms with Gasteiger partial charge in [0.2, 0.25) is 5.91 Å².